The molecule has 94 valence electrons. The van der Waals surface area contributed by atoms with Crippen molar-refractivity contribution >= 4 is 17.2 Å². The lowest BCUT2D eigenvalue weighted by Crippen LogP contribution is -2.32. The summed E-state index contributed by atoms with van der Waals surface area (Å²) in [5.74, 6) is 0.654. The van der Waals surface area contributed by atoms with Gasteiger partial charge in [-0.2, -0.15) is 0 Å². The first-order chi connectivity index (χ1) is 8.75. The minimum atomic E-state index is 0.472. The second kappa shape index (κ2) is 4.71. The van der Waals surface area contributed by atoms with Crippen molar-refractivity contribution in [3.05, 3.63) is 45.8 Å². The fourth-order valence-electron chi connectivity index (χ4n) is 2.58. The maximum absolute atomic E-state index is 5.92. The number of hydrogen-bond acceptors (Lipinski definition) is 4. The van der Waals surface area contributed by atoms with Crippen LogP contribution in [0.5, 0.6) is 0 Å². The second-order valence-corrected chi connectivity index (χ2v) is 5.74. The van der Waals surface area contributed by atoms with Gasteiger partial charge in [-0.25, -0.2) is 4.98 Å². The summed E-state index contributed by atoms with van der Waals surface area (Å²) in [6.45, 7) is 4.26. The van der Waals surface area contributed by atoms with Crippen molar-refractivity contribution in [3.63, 3.8) is 0 Å². The van der Waals surface area contributed by atoms with Crippen molar-refractivity contribution in [3.8, 4) is 0 Å². The van der Waals surface area contributed by atoms with Crippen LogP contribution in [0, 0.1) is 0 Å². The van der Waals surface area contributed by atoms with Crippen LogP contribution in [0.2, 0.25) is 0 Å². The average Bonchev–Trinajstić information content (AvgIpc) is 2.84. The molecule has 2 N–H and O–H groups in total. The zero-order chi connectivity index (χ0) is 12.5. The summed E-state index contributed by atoms with van der Waals surface area (Å²) in [6, 6.07) is 6.75. The van der Waals surface area contributed by atoms with E-state index in [0.717, 1.165) is 25.1 Å². The van der Waals surface area contributed by atoms with Gasteiger partial charge in [-0.3, -0.25) is 4.90 Å². The molecule has 3 rings (SSSR count). The number of nitrogen functional groups attached to an aromatic ring is 1. The van der Waals surface area contributed by atoms with Crippen molar-refractivity contribution < 1.29 is 0 Å². The van der Waals surface area contributed by atoms with E-state index in [1.165, 1.54) is 10.4 Å². The second-order valence-electron chi connectivity index (χ2n) is 4.74. The Hall–Kier alpha value is -1.39. The number of rotatable bonds is 2. The highest BCUT2D eigenvalue weighted by molar-refractivity contribution is 7.10. The van der Waals surface area contributed by atoms with Crippen LogP contribution in [0.25, 0.3) is 0 Å². The molecule has 1 aliphatic heterocycles. The van der Waals surface area contributed by atoms with Crippen molar-refractivity contribution in [2.75, 3.05) is 12.3 Å². The lowest BCUT2D eigenvalue weighted by atomic mass is 10.0. The number of nitrogens with two attached hydrogens (primary N) is 1. The fourth-order valence-corrected chi connectivity index (χ4v) is 3.54. The fraction of sp³-hybridized carbons (Fsp3) is 0.357. The van der Waals surface area contributed by atoms with E-state index in [2.05, 4.69) is 34.3 Å². The molecule has 4 heteroatoms. The van der Waals surface area contributed by atoms with Crippen LogP contribution in [-0.2, 0) is 13.0 Å². The highest BCUT2D eigenvalue weighted by Gasteiger charge is 2.24. The number of thiophene rings is 1. The van der Waals surface area contributed by atoms with E-state index >= 15 is 0 Å². The molecule has 2 aromatic heterocycles. The molecule has 1 atom stereocenters. The molecule has 0 bridgehead atoms. The third-order valence-electron chi connectivity index (χ3n) is 3.70. The third kappa shape index (κ3) is 2.02. The van der Waals surface area contributed by atoms with Gasteiger partial charge in [0.25, 0.3) is 0 Å². The number of nitrogens with zero attached hydrogens (tertiary/aromatic N) is 2. The van der Waals surface area contributed by atoms with Gasteiger partial charge in [0.2, 0.25) is 0 Å². The molecule has 0 saturated heterocycles. The van der Waals surface area contributed by atoms with Gasteiger partial charge in [-0.15, -0.1) is 11.3 Å². The molecule has 1 aliphatic rings. The van der Waals surface area contributed by atoms with Gasteiger partial charge < -0.3 is 5.73 Å². The lowest BCUT2D eigenvalue weighted by molar-refractivity contribution is 0.191. The van der Waals surface area contributed by atoms with Crippen LogP contribution >= 0.6 is 11.3 Å². The predicted molar refractivity (Wildman–Crippen MR) is 75.5 cm³/mol. The molecular weight excluding hydrogens is 242 g/mol. The largest absolute Gasteiger partial charge is 0.383 e. The van der Waals surface area contributed by atoms with E-state index in [9.17, 15) is 0 Å². The molecule has 3 nitrogen and oxygen atoms in total. The van der Waals surface area contributed by atoms with E-state index < -0.39 is 0 Å². The van der Waals surface area contributed by atoms with E-state index in [-0.39, 0.29) is 0 Å². The number of anilines is 1. The predicted octanol–water partition coefficient (Wildman–Crippen LogP) is 2.84. The Morgan fingerprint density at radius 2 is 2.39 bits per heavy atom. The molecule has 0 saturated carbocycles. The summed E-state index contributed by atoms with van der Waals surface area (Å²) in [6.07, 6.45) is 2.90. The Labute approximate surface area is 111 Å². The molecule has 0 amide bonds. The summed E-state index contributed by atoms with van der Waals surface area (Å²) >= 11 is 1.88. The van der Waals surface area contributed by atoms with Gasteiger partial charge in [0, 0.05) is 35.8 Å². The van der Waals surface area contributed by atoms with Crippen LogP contribution in [0.1, 0.15) is 29.0 Å². The van der Waals surface area contributed by atoms with E-state index in [1.54, 1.807) is 6.20 Å². The van der Waals surface area contributed by atoms with Crippen molar-refractivity contribution in [2.24, 2.45) is 0 Å². The Morgan fingerprint density at radius 3 is 3.22 bits per heavy atom. The minimum Gasteiger partial charge on any atom is -0.383 e. The number of fused-ring (bicyclic) bond motifs is 1. The van der Waals surface area contributed by atoms with E-state index in [1.807, 2.05) is 17.4 Å². The monoisotopic (exact) mass is 259 g/mol. The molecular formula is C14H17N3S. The summed E-state index contributed by atoms with van der Waals surface area (Å²) < 4.78 is 0. The normalized spacial score (nSPS) is 19.7. The van der Waals surface area contributed by atoms with Gasteiger partial charge in [-0.1, -0.05) is 6.07 Å². The van der Waals surface area contributed by atoms with Crippen LogP contribution < -0.4 is 5.73 Å². The molecule has 0 fully saturated rings. The molecule has 0 spiro atoms. The Morgan fingerprint density at radius 1 is 1.50 bits per heavy atom. The van der Waals surface area contributed by atoms with Gasteiger partial charge >= 0.3 is 0 Å². The first kappa shape index (κ1) is 11.7. The summed E-state index contributed by atoms with van der Waals surface area (Å²) in [7, 11) is 0. The number of pyridine rings is 1. The van der Waals surface area contributed by atoms with E-state index in [0.29, 0.717) is 11.9 Å². The highest BCUT2D eigenvalue weighted by atomic mass is 32.1. The molecule has 18 heavy (non-hydrogen) atoms. The molecule has 0 radical (unpaired) electrons. The van der Waals surface area contributed by atoms with Crippen LogP contribution in [0.4, 0.5) is 5.82 Å². The SMILES string of the molecule is CC1c2ccsc2CCN1Cc1cccnc1N. The topological polar surface area (TPSA) is 42.2 Å². The first-order valence-electron chi connectivity index (χ1n) is 6.25. The van der Waals surface area contributed by atoms with Crippen molar-refractivity contribution in [1.82, 2.24) is 9.88 Å². The molecule has 0 aromatic carbocycles. The van der Waals surface area contributed by atoms with E-state index in [4.69, 9.17) is 5.73 Å². The molecule has 0 aliphatic carbocycles. The zero-order valence-corrected chi connectivity index (χ0v) is 11.3. The van der Waals surface area contributed by atoms with Crippen molar-refractivity contribution in [1.29, 1.82) is 0 Å². The third-order valence-corrected chi connectivity index (χ3v) is 4.70. The number of aromatic nitrogens is 1. The summed E-state index contributed by atoms with van der Waals surface area (Å²) in [5, 5.41) is 2.20. The Balaban J connectivity index is 1.81. The van der Waals surface area contributed by atoms with Gasteiger partial charge in [0.15, 0.2) is 0 Å². The molecule has 3 heterocycles. The highest BCUT2D eigenvalue weighted by Crippen LogP contribution is 2.33. The van der Waals surface area contributed by atoms with Crippen LogP contribution in [-0.4, -0.2) is 16.4 Å². The lowest BCUT2D eigenvalue weighted by Gasteiger charge is -2.33. The first-order valence-corrected chi connectivity index (χ1v) is 7.13. The quantitative estimate of drug-likeness (QED) is 0.901. The van der Waals surface area contributed by atoms with Gasteiger partial charge in [0.05, 0.1) is 0 Å². The smallest absolute Gasteiger partial charge is 0.127 e. The van der Waals surface area contributed by atoms with Crippen molar-refractivity contribution in [2.45, 2.75) is 25.9 Å². The number of hydrogen-bond donors (Lipinski definition) is 1. The summed E-state index contributed by atoms with van der Waals surface area (Å²) in [4.78, 5) is 8.17. The molecule has 1 unspecified atom stereocenters. The van der Waals surface area contributed by atoms with Gasteiger partial charge in [-0.05, 0) is 36.4 Å². The summed E-state index contributed by atoms with van der Waals surface area (Å²) in [5.41, 5.74) is 8.53. The minimum absolute atomic E-state index is 0.472. The van der Waals surface area contributed by atoms with Gasteiger partial charge in [0.1, 0.15) is 5.82 Å². The maximum Gasteiger partial charge on any atom is 0.127 e. The van der Waals surface area contributed by atoms with Crippen LogP contribution in [0.3, 0.4) is 0 Å². The van der Waals surface area contributed by atoms with Crippen LogP contribution in [0.15, 0.2) is 29.8 Å². The Bertz CT molecular complexity index is 549. The zero-order valence-electron chi connectivity index (χ0n) is 10.5. The molecule has 2 aromatic rings. The average molecular weight is 259 g/mol. The maximum atomic E-state index is 5.92. The standard InChI is InChI=1S/C14H17N3S/c1-10-12-5-8-18-13(12)4-7-17(10)9-11-3-2-6-16-14(11)15/h2-3,5-6,8,10H,4,7,9H2,1H3,(H2,15,16). The Kier molecular flexibility index (Phi) is 3.06.